The number of hydrogen-bond donors (Lipinski definition) is 3. The summed E-state index contributed by atoms with van der Waals surface area (Å²) in [5.74, 6) is -2.66. The molecule has 10 heteroatoms. The fraction of sp³-hybridized carbons (Fsp3) is 0.333. The molecule has 1 aromatic carbocycles. The van der Waals surface area contributed by atoms with E-state index in [2.05, 4.69) is 4.74 Å². The lowest BCUT2D eigenvalue weighted by atomic mass is 10.1. The van der Waals surface area contributed by atoms with Crippen LogP contribution in [0.15, 0.2) is 29.7 Å². The number of hydrogen-bond acceptors (Lipinski definition) is 10. The van der Waals surface area contributed by atoms with Crippen LogP contribution in [0.3, 0.4) is 0 Å². The predicted molar refractivity (Wildman–Crippen MR) is 94.3 cm³/mol. The van der Waals surface area contributed by atoms with Crippen LogP contribution < -0.4 is 14.2 Å². The maximum atomic E-state index is 11.9. The summed E-state index contributed by atoms with van der Waals surface area (Å²) in [5, 5.41) is 28.6. The third kappa shape index (κ3) is 4.29. The van der Waals surface area contributed by atoms with Crippen LogP contribution in [0.25, 0.3) is 6.08 Å². The molecule has 10 nitrogen and oxygen atoms in total. The monoisotopic (exact) mass is 396 g/mol. The molecule has 1 aliphatic heterocycles. The topological polar surface area (TPSA) is 141 Å². The van der Waals surface area contributed by atoms with Gasteiger partial charge in [-0.1, -0.05) is 0 Å². The Morgan fingerprint density at radius 3 is 2.39 bits per heavy atom. The Balaban J connectivity index is 2.02. The highest BCUT2D eigenvalue weighted by Crippen LogP contribution is 2.40. The Kier molecular flexibility index (Phi) is 6.72. The van der Waals surface area contributed by atoms with Crippen molar-refractivity contribution in [3.8, 4) is 17.2 Å². The molecule has 152 valence electrons. The molecule has 3 N–H and O–H groups in total. The molecule has 0 fully saturated rings. The van der Waals surface area contributed by atoms with Crippen molar-refractivity contribution < 1.29 is 48.6 Å². The summed E-state index contributed by atoms with van der Waals surface area (Å²) >= 11 is 0. The molecular weight excluding hydrogens is 376 g/mol. The fourth-order valence-corrected chi connectivity index (χ4v) is 2.44. The second-order valence-electron chi connectivity index (χ2n) is 5.51. The number of benzene rings is 1. The Hall–Kier alpha value is -3.40. The van der Waals surface area contributed by atoms with Gasteiger partial charge < -0.3 is 39.0 Å². The third-order valence-corrected chi connectivity index (χ3v) is 3.82. The second kappa shape index (κ2) is 9.00. The average Bonchev–Trinajstić information content (AvgIpc) is 2.96. The Morgan fingerprint density at radius 1 is 1.18 bits per heavy atom. The van der Waals surface area contributed by atoms with Gasteiger partial charge in [0.2, 0.25) is 11.5 Å². The van der Waals surface area contributed by atoms with E-state index < -0.39 is 42.3 Å². The summed E-state index contributed by atoms with van der Waals surface area (Å²) in [5.41, 5.74) is 0.507. The minimum Gasteiger partial charge on any atom is -0.505 e. The first-order chi connectivity index (χ1) is 13.3. The van der Waals surface area contributed by atoms with Gasteiger partial charge in [-0.3, -0.25) is 0 Å². The third-order valence-electron chi connectivity index (χ3n) is 3.82. The minimum absolute atomic E-state index is 0.342. The van der Waals surface area contributed by atoms with E-state index in [-0.39, 0.29) is 0 Å². The van der Waals surface area contributed by atoms with Crippen LogP contribution in [-0.2, 0) is 19.1 Å². The quantitative estimate of drug-likeness (QED) is 0.428. The molecule has 1 heterocycles. The number of esters is 2. The lowest BCUT2D eigenvalue weighted by Crippen LogP contribution is -2.33. The van der Waals surface area contributed by atoms with Crippen LogP contribution in [0.1, 0.15) is 5.56 Å². The predicted octanol–water partition coefficient (Wildman–Crippen LogP) is 0.883. The second-order valence-corrected chi connectivity index (χ2v) is 5.51. The zero-order chi connectivity index (χ0) is 20.8. The van der Waals surface area contributed by atoms with Crippen molar-refractivity contribution in [3.63, 3.8) is 0 Å². The number of rotatable bonds is 8. The molecule has 0 spiro atoms. The van der Waals surface area contributed by atoms with E-state index in [1.165, 1.54) is 27.4 Å². The first-order valence-electron chi connectivity index (χ1n) is 7.99. The number of ether oxygens (including phenoxy) is 5. The number of cyclic esters (lactones) is 1. The van der Waals surface area contributed by atoms with Crippen molar-refractivity contribution in [1.29, 1.82) is 0 Å². The van der Waals surface area contributed by atoms with Crippen molar-refractivity contribution in [3.05, 3.63) is 35.3 Å². The van der Waals surface area contributed by atoms with Gasteiger partial charge in [0.1, 0.15) is 12.7 Å². The largest absolute Gasteiger partial charge is 0.505 e. The first kappa shape index (κ1) is 20.9. The lowest BCUT2D eigenvalue weighted by molar-refractivity contribution is -0.151. The highest BCUT2D eigenvalue weighted by Gasteiger charge is 2.39. The Morgan fingerprint density at radius 2 is 1.86 bits per heavy atom. The summed E-state index contributed by atoms with van der Waals surface area (Å²) in [6, 6.07) is 3.27. The summed E-state index contributed by atoms with van der Waals surface area (Å²) < 4.78 is 25.1. The molecule has 0 saturated carbocycles. The van der Waals surface area contributed by atoms with E-state index in [1.54, 1.807) is 12.1 Å². The number of methoxy groups -OCH3 is 3. The van der Waals surface area contributed by atoms with E-state index in [0.29, 0.717) is 22.8 Å². The molecule has 0 aliphatic carbocycles. The van der Waals surface area contributed by atoms with Crippen molar-refractivity contribution in [2.24, 2.45) is 0 Å². The summed E-state index contributed by atoms with van der Waals surface area (Å²) in [6.07, 6.45) is -0.560. The number of carbonyl (C=O) groups excluding carboxylic acids is 2. The van der Waals surface area contributed by atoms with Gasteiger partial charge in [0.15, 0.2) is 23.4 Å². The molecule has 0 aromatic heterocycles. The van der Waals surface area contributed by atoms with Crippen LogP contribution in [0.4, 0.5) is 0 Å². The van der Waals surface area contributed by atoms with Crippen LogP contribution in [-0.4, -0.2) is 67.4 Å². The van der Waals surface area contributed by atoms with E-state index in [4.69, 9.17) is 18.9 Å². The zero-order valence-electron chi connectivity index (χ0n) is 15.4. The van der Waals surface area contributed by atoms with Gasteiger partial charge in [-0.25, -0.2) is 9.59 Å². The Bertz CT molecular complexity index is 811. The molecule has 0 unspecified atom stereocenters. The zero-order valence-corrected chi connectivity index (χ0v) is 15.4. The Labute approximate surface area is 160 Å². The van der Waals surface area contributed by atoms with E-state index >= 15 is 0 Å². The molecule has 0 saturated heterocycles. The smallest absolute Gasteiger partial charge is 0.377 e. The lowest BCUT2D eigenvalue weighted by Gasteiger charge is -2.16. The van der Waals surface area contributed by atoms with Gasteiger partial charge in [0.25, 0.3) is 0 Å². The molecular formula is C18H20O10. The highest BCUT2D eigenvalue weighted by atomic mass is 16.6. The first-order valence-corrected chi connectivity index (χ1v) is 7.99. The highest BCUT2D eigenvalue weighted by molar-refractivity contribution is 5.89. The van der Waals surface area contributed by atoms with Crippen molar-refractivity contribution >= 4 is 18.0 Å². The van der Waals surface area contributed by atoms with Crippen molar-refractivity contribution in [2.75, 3.05) is 27.9 Å². The van der Waals surface area contributed by atoms with E-state index in [9.17, 15) is 24.9 Å². The number of carbonyl (C=O) groups is 2. The van der Waals surface area contributed by atoms with Gasteiger partial charge in [0.05, 0.1) is 21.3 Å². The van der Waals surface area contributed by atoms with Crippen molar-refractivity contribution in [2.45, 2.75) is 12.2 Å². The molecule has 28 heavy (non-hydrogen) atoms. The molecule has 2 atom stereocenters. The standard InChI is InChI=1S/C18H20O10/c1-24-11-6-4-9(15(25-2)17(11)26-3)5-7-12(20)27-8-10(19)16-13(21)14(22)18(23)28-16/h4-7,10,16,19,21-22H,8H2,1-3H3/b7-5+/t10-,16-/m1/s1. The summed E-state index contributed by atoms with van der Waals surface area (Å²) in [6.45, 7) is -0.582. The van der Waals surface area contributed by atoms with Gasteiger partial charge >= 0.3 is 11.9 Å². The SMILES string of the molecule is COc1ccc(/C=C/C(=O)OC[C@@H](O)[C@H]2OC(=O)C(O)=C2O)c(OC)c1OC. The average molecular weight is 396 g/mol. The molecule has 0 amide bonds. The van der Waals surface area contributed by atoms with Gasteiger partial charge in [-0.15, -0.1) is 0 Å². The number of aliphatic hydroxyl groups excluding tert-OH is 3. The molecule has 1 aromatic rings. The maximum Gasteiger partial charge on any atom is 0.377 e. The molecule has 0 bridgehead atoms. The van der Waals surface area contributed by atoms with Crippen LogP contribution in [0, 0.1) is 0 Å². The maximum absolute atomic E-state index is 11.9. The molecule has 1 aliphatic rings. The van der Waals surface area contributed by atoms with E-state index in [1.807, 2.05) is 0 Å². The minimum atomic E-state index is -1.55. The van der Waals surface area contributed by atoms with Crippen molar-refractivity contribution in [1.82, 2.24) is 0 Å². The normalized spacial score (nSPS) is 17.4. The molecule has 0 radical (unpaired) electrons. The summed E-state index contributed by atoms with van der Waals surface area (Å²) in [4.78, 5) is 23.0. The van der Waals surface area contributed by atoms with Crippen LogP contribution >= 0.6 is 0 Å². The summed E-state index contributed by atoms with van der Waals surface area (Å²) in [7, 11) is 4.35. The number of aliphatic hydroxyl groups is 3. The van der Waals surface area contributed by atoms with E-state index in [0.717, 1.165) is 6.08 Å². The molecule has 2 rings (SSSR count). The van der Waals surface area contributed by atoms with Gasteiger partial charge in [-0.2, -0.15) is 0 Å². The van der Waals surface area contributed by atoms with Gasteiger partial charge in [-0.05, 0) is 18.2 Å². The van der Waals surface area contributed by atoms with Gasteiger partial charge in [0, 0.05) is 11.6 Å². The van der Waals surface area contributed by atoms with Crippen LogP contribution in [0.2, 0.25) is 0 Å². The van der Waals surface area contributed by atoms with Crippen LogP contribution in [0.5, 0.6) is 17.2 Å². The fourth-order valence-electron chi connectivity index (χ4n) is 2.44.